The second-order valence-electron chi connectivity index (χ2n) is 6.75. The molecule has 0 aliphatic carbocycles. The van der Waals surface area contributed by atoms with Gasteiger partial charge in [-0.3, -0.25) is 4.79 Å². The average Bonchev–Trinajstić information content (AvgIpc) is 3.33. The van der Waals surface area contributed by atoms with Gasteiger partial charge in [0.15, 0.2) is 0 Å². The van der Waals surface area contributed by atoms with E-state index in [9.17, 15) is 4.79 Å². The second-order valence-corrected chi connectivity index (χ2v) is 7.79. The number of nitrogens with zero attached hydrogens (tertiary/aromatic N) is 2. The van der Waals surface area contributed by atoms with Crippen molar-refractivity contribution < 1.29 is 4.79 Å². The minimum Gasteiger partial charge on any atom is -0.353 e. The van der Waals surface area contributed by atoms with Crippen molar-refractivity contribution in [1.82, 2.24) is 9.47 Å². The molecule has 0 fully saturated rings. The van der Waals surface area contributed by atoms with E-state index >= 15 is 0 Å². The molecule has 3 nitrogen and oxygen atoms in total. The Kier molecular flexibility index (Phi) is 5.07. The summed E-state index contributed by atoms with van der Waals surface area (Å²) in [5.74, 6) is 0.154. The predicted octanol–water partition coefficient (Wildman–Crippen LogP) is 5.01. The second kappa shape index (κ2) is 7.80. The van der Waals surface area contributed by atoms with Crippen molar-refractivity contribution in [2.45, 2.75) is 19.5 Å². The van der Waals surface area contributed by atoms with Gasteiger partial charge >= 0.3 is 0 Å². The molecule has 4 heteroatoms. The fourth-order valence-corrected chi connectivity index (χ4v) is 4.12. The number of fused-ring (bicyclic) bond motifs is 1. The predicted molar refractivity (Wildman–Crippen MR) is 112 cm³/mol. The van der Waals surface area contributed by atoms with Crippen molar-refractivity contribution in [1.29, 1.82) is 0 Å². The van der Waals surface area contributed by atoms with Gasteiger partial charge in [0.05, 0.1) is 19.5 Å². The fraction of sp³-hybridized carbons (Fsp3) is 0.174. The van der Waals surface area contributed by atoms with E-state index in [1.54, 1.807) is 11.3 Å². The molecule has 4 rings (SSSR count). The van der Waals surface area contributed by atoms with E-state index in [0.717, 1.165) is 16.6 Å². The molecule has 4 aromatic rings. The summed E-state index contributed by atoms with van der Waals surface area (Å²) in [6.45, 7) is 1.26. The summed E-state index contributed by atoms with van der Waals surface area (Å²) in [5, 5.41) is 4.39. The number of aryl methyl sites for hydroxylation is 1. The lowest BCUT2D eigenvalue weighted by atomic mass is 10.0. The van der Waals surface area contributed by atoms with Gasteiger partial charge in [-0.05, 0) is 39.9 Å². The maximum atomic E-state index is 13.2. The zero-order valence-corrected chi connectivity index (χ0v) is 16.2. The Hall–Kier alpha value is -2.85. The number of amides is 1. The molecule has 0 unspecified atom stereocenters. The zero-order valence-electron chi connectivity index (χ0n) is 15.3. The minimum atomic E-state index is 0.154. The highest BCUT2D eigenvalue weighted by atomic mass is 32.1. The topological polar surface area (TPSA) is 25.2 Å². The van der Waals surface area contributed by atoms with Crippen LogP contribution in [0.4, 0.5) is 0 Å². The maximum Gasteiger partial charge on any atom is 0.227 e. The SMILES string of the molecule is Cn1cccc1CN(Cc1cccs1)C(=O)Cc1cccc2ccccc12. The standard InChI is InChI=1S/C23H22N2OS/c1-24-13-5-10-20(24)16-25(17-21-11-6-14-27-21)23(26)15-19-9-4-8-18-7-2-3-12-22(18)19/h2-14H,15-17H2,1H3. The van der Waals surface area contributed by atoms with Gasteiger partial charge in [-0.25, -0.2) is 0 Å². The molecular weight excluding hydrogens is 352 g/mol. The van der Waals surface area contributed by atoms with Crippen LogP contribution in [0.2, 0.25) is 0 Å². The quantitative estimate of drug-likeness (QED) is 0.466. The van der Waals surface area contributed by atoms with Crippen LogP contribution in [0.3, 0.4) is 0 Å². The van der Waals surface area contributed by atoms with Crippen LogP contribution in [-0.2, 0) is 31.4 Å². The van der Waals surface area contributed by atoms with E-state index in [1.165, 1.54) is 10.3 Å². The Morgan fingerprint density at radius 1 is 0.963 bits per heavy atom. The molecule has 2 aromatic carbocycles. The van der Waals surface area contributed by atoms with E-state index in [4.69, 9.17) is 0 Å². The molecule has 136 valence electrons. The van der Waals surface area contributed by atoms with Gasteiger partial charge in [-0.2, -0.15) is 0 Å². The molecular formula is C23H22N2OS. The first-order chi connectivity index (χ1) is 13.2. The Balaban J connectivity index is 1.60. The summed E-state index contributed by atoms with van der Waals surface area (Å²) < 4.78 is 2.08. The number of hydrogen-bond acceptors (Lipinski definition) is 2. The largest absolute Gasteiger partial charge is 0.353 e. The number of carbonyl (C=O) groups excluding carboxylic acids is 1. The highest BCUT2D eigenvalue weighted by molar-refractivity contribution is 7.09. The van der Waals surface area contributed by atoms with Gasteiger partial charge in [0.2, 0.25) is 5.91 Å². The Morgan fingerprint density at radius 3 is 2.59 bits per heavy atom. The first-order valence-electron chi connectivity index (χ1n) is 9.08. The summed E-state index contributed by atoms with van der Waals surface area (Å²) in [5.41, 5.74) is 2.22. The number of benzene rings is 2. The molecule has 2 aromatic heterocycles. The van der Waals surface area contributed by atoms with E-state index in [1.807, 2.05) is 48.5 Å². The normalized spacial score (nSPS) is 11.0. The van der Waals surface area contributed by atoms with Crippen molar-refractivity contribution in [3.05, 3.63) is 94.4 Å². The third kappa shape index (κ3) is 3.96. The van der Waals surface area contributed by atoms with Gasteiger partial charge in [-0.1, -0.05) is 48.5 Å². The molecule has 0 atom stereocenters. The number of hydrogen-bond donors (Lipinski definition) is 0. The number of rotatable bonds is 6. The van der Waals surface area contributed by atoms with E-state index in [0.29, 0.717) is 19.5 Å². The summed E-state index contributed by atoms with van der Waals surface area (Å²) >= 11 is 1.69. The monoisotopic (exact) mass is 374 g/mol. The summed E-state index contributed by atoms with van der Waals surface area (Å²) in [7, 11) is 2.02. The summed E-state index contributed by atoms with van der Waals surface area (Å²) in [6, 6.07) is 22.7. The molecule has 0 saturated carbocycles. The van der Waals surface area contributed by atoms with Gasteiger partial charge in [0.1, 0.15) is 0 Å². The maximum absolute atomic E-state index is 13.2. The fourth-order valence-electron chi connectivity index (χ4n) is 3.40. The van der Waals surface area contributed by atoms with Gasteiger partial charge in [0.25, 0.3) is 0 Å². The Labute approximate surface area is 163 Å². The number of thiophene rings is 1. The van der Waals surface area contributed by atoms with Crippen LogP contribution in [-0.4, -0.2) is 15.4 Å². The minimum absolute atomic E-state index is 0.154. The summed E-state index contributed by atoms with van der Waals surface area (Å²) in [6.07, 6.45) is 2.44. The van der Waals surface area contributed by atoms with Crippen LogP contribution < -0.4 is 0 Å². The molecule has 0 saturated heterocycles. The molecule has 0 aliphatic heterocycles. The lowest BCUT2D eigenvalue weighted by molar-refractivity contribution is -0.131. The molecule has 27 heavy (non-hydrogen) atoms. The first-order valence-corrected chi connectivity index (χ1v) is 9.95. The third-order valence-corrected chi connectivity index (χ3v) is 5.77. The molecule has 0 N–H and O–H groups in total. The van der Waals surface area contributed by atoms with Crippen LogP contribution in [0.5, 0.6) is 0 Å². The van der Waals surface area contributed by atoms with Crippen LogP contribution >= 0.6 is 11.3 Å². The van der Waals surface area contributed by atoms with Crippen LogP contribution in [0.25, 0.3) is 10.8 Å². The van der Waals surface area contributed by atoms with Crippen LogP contribution in [0.15, 0.2) is 78.3 Å². The molecule has 0 bridgehead atoms. The van der Waals surface area contributed by atoms with Crippen molar-refractivity contribution in [2.75, 3.05) is 0 Å². The average molecular weight is 375 g/mol. The third-order valence-electron chi connectivity index (χ3n) is 4.91. The number of carbonyl (C=O) groups is 1. The van der Waals surface area contributed by atoms with Crippen molar-refractivity contribution >= 4 is 28.0 Å². The molecule has 0 radical (unpaired) electrons. The van der Waals surface area contributed by atoms with Gasteiger partial charge in [-0.15, -0.1) is 11.3 Å². The van der Waals surface area contributed by atoms with Crippen molar-refractivity contribution in [3.63, 3.8) is 0 Å². The first kappa shape index (κ1) is 17.6. The highest BCUT2D eigenvalue weighted by Gasteiger charge is 2.18. The van der Waals surface area contributed by atoms with Crippen LogP contribution in [0.1, 0.15) is 16.1 Å². The van der Waals surface area contributed by atoms with E-state index < -0.39 is 0 Å². The Bertz CT molecular complexity index is 1040. The molecule has 2 heterocycles. The lowest BCUT2D eigenvalue weighted by Gasteiger charge is -2.23. The highest BCUT2D eigenvalue weighted by Crippen LogP contribution is 2.21. The van der Waals surface area contributed by atoms with Crippen LogP contribution in [0, 0.1) is 0 Å². The Morgan fingerprint density at radius 2 is 1.81 bits per heavy atom. The van der Waals surface area contributed by atoms with E-state index in [2.05, 4.69) is 46.3 Å². The van der Waals surface area contributed by atoms with Crippen molar-refractivity contribution in [2.24, 2.45) is 7.05 Å². The molecule has 0 spiro atoms. The van der Waals surface area contributed by atoms with Gasteiger partial charge < -0.3 is 9.47 Å². The van der Waals surface area contributed by atoms with E-state index in [-0.39, 0.29) is 5.91 Å². The molecule has 1 amide bonds. The molecule has 0 aliphatic rings. The van der Waals surface area contributed by atoms with Crippen molar-refractivity contribution in [3.8, 4) is 0 Å². The van der Waals surface area contributed by atoms with Gasteiger partial charge in [0, 0.05) is 23.8 Å². The zero-order chi connectivity index (χ0) is 18.6. The number of aromatic nitrogens is 1. The lowest BCUT2D eigenvalue weighted by Crippen LogP contribution is -2.31. The summed E-state index contributed by atoms with van der Waals surface area (Å²) in [4.78, 5) is 16.4. The smallest absolute Gasteiger partial charge is 0.227 e.